The number of carbonyl (C=O) groups excluding carboxylic acids is 1. The van der Waals surface area contributed by atoms with Crippen LogP contribution in [0.4, 0.5) is 4.79 Å². The summed E-state index contributed by atoms with van der Waals surface area (Å²) in [6.07, 6.45) is 3.51. The van der Waals surface area contributed by atoms with E-state index in [9.17, 15) is 9.90 Å². The smallest absolute Gasteiger partial charge is 0.407 e. The van der Waals surface area contributed by atoms with Gasteiger partial charge < -0.3 is 15.2 Å². The third kappa shape index (κ3) is 1.77. The Morgan fingerprint density at radius 2 is 2.08 bits per heavy atom. The van der Waals surface area contributed by atoms with Crippen molar-refractivity contribution in [3.05, 3.63) is 0 Å². The lowest BCUT2D eigenvalue weighted by Crippen LogP contribution is -2.49. The number of aliphatic hydroxyl groups is 1. The summed E-state index contributed by atoms with van der Waals surface area (Å²) in [4.78, 5) is 11.0. The quantitative estimate of drug-likeness (QED) is 0.586. The molecule has 0 aromatic heterocycles. The lowest BCUT2D eigenvalue weighted by molar-refractivity contribution is -0.0608. The molecule has 2 aliphatic rings. The minimum atomic E-state index is -0.303. The fraction of sp³-hybridized carbons (Fsp3) is 0.889. The molecule has 0 bridgehead atoms. The van der Waals surface area contributed by atoms with Crippen molar-refractivity contribution < 1.29 is 14.6 Å². The molecule has 4 nitrogen and oxygen atoms in total. The summed E-state index contributed by atoms with van der Waals surface area (Å²) in [5, 5.41) is 12.0. The number of carbonyl (C=O) groups is 1. The first kappa shape index (κ1) is 8.81. The van der Waals surface area contributed by atoms with Crippen LogP contribution in [0, 0.1) is 0 Å². The van der Waals surface area contributed by atoms with Gasteiger partial charge in [0, 0.05) is 13.0 Å². The van der Waals surface area contributed by atoms with Crippen molar-refractivity contribution in [2.24, 2.45) is 0 Å². The molecule has 4 heteroatoms. The zero-order valence-corrected chi connectivity index (χ0v) is 7.58. The Labute approximate surface area is 77.3 Å². The van der Waals surface area contributed by atoms with E-state index in [2.05, 4.69) is 5.32 Å². The standard InChI is InChI=1S/C9H15NO3/c11-7-1-3-9(4-2-7)5-6-10-8(12)13-9/h7,11H,1-6H2,(H,10,12). The van der Waals surface area contributed by atoms with Gasteiger partial charge in [-0.1, -0.05) is 0 Å². The molecule has 0 radical (unpaired) electrons. The van der Waals surface area contributed by atoms with E-state index >= 15 is 0 Å². The zero-order valence-electron chi connectivity index (χ0n) is 7.58. The number of ether oxygens (including phenoxy) is 1. The molecular weight excluding hydrogens is 170 g/mol. The van der Waals surface area contributed by atoms with Crippen molar-refractivity contribution in [3.63, 3.8) is 0 Å². The van der Waals surface area contributed by atoms with Crippen molar-refractivity contribution in [2.45, 2.75) is 43.8 Å². The summed E-state index contributed by atoms with van der Waals surface area (Å²) < 4.78 is 5.30. The lowest BCUT2D eigenvalue weighted by atomic mass is 9.80. The largest absolute Gasteiger partial charge is 0.443 e. The fourth-order valence-electron chi connectivity index (χ4n) is 2.16. The van der Waals surface area contributed by atoms with E-state index in [0.717, 1.165) is 32.1 Å². The summed E-state index contributed by atoms with van der Waals surface area (Å²) in [5.74, 6) is 0. The van der Waals surface area contributed by atoms with Crippen molar-refractivity contribution in [1.29, 1.82) is 0 Å². The van der Waals surface area contributed by atoms with Gasteiger partial charge in [-0.05, 0) is 25.7 Å². The van der Waals surface area contributed by atoms with Crippen molar-refractivity contribution >= 4 is 6.09 Å². The predicted molar refractivity (Wildman–Crippen MR) is 46.3 cm³/mol. The SMILES string of the molecule is O=C1NCCC2(CCC(O)CC2)O1. The topological polar surface area (TPSA) is 58.6 Å². The van der Waals surface area contributed by atoms with Gasteiger partial charge in [0.1, 0.15) is 5.60 Å². The molecule has 1 saturated heterocycles. The minimum Gasteiger partial charge on any atom is -0.443 e. The second kappa shape index (κ2) is 3.18. The molecule has 1 saturated carbocycles. The third-order valence-corrected chi connectivity index (χ3v) is 3.03. The average molecular weight is 185 g/mol. The van der Waals surface area contributed by atoms with E-state index in [0.29, 0.717) is 6.54 Å². The number of hydrogen-bond donors (Lipinski definition) is 2. The predicted octanol–water partition coefficient (Wildman–Crippen LogP) is 0.790. The summed E-state index contributed by atoms with van der Waals surface area (Å²) in [5.41, 5.74) is -0.262. The van der Waals surface area contributed by atoms with E-state index < -0.39 is 0 Å². The fourth-order valence-corrected chi connectivity index (χ4v) is 2.16. The van der Waals surface area contributed by atoms with Crippen LogP contribution in [0.15, 0.2) is 0 Å². The first-order chi connectivity index (χ1) is 6.20. The molecule has 74 valence electrons. The van der Waals surface area contributed by atoms with Crippen molar-refractivity contribution in [1.82, 2.24) is 5.32 Å². The minimum absolute atomic E-state index is 0.195. The Hall–Kier alpha value is -0.770. The van der Waals surface area contributed by atoms with E-state index in [-0.39, 0.29) is 17.8 Å². The van der Waals surface area contributed by atoms with Gasteiger partial charge in [0.2, 0.25) is 0 Å². The Bertz CT molecular complexity index is 209. The molecule has 2 fully saturated rings. The number of alkyl carbamates (subject to hydrolysis) is 1. The molecule has 1 aliphatic heterocycles. The van der Waals surface area contributed by atoms with Crippen molar-refractivity contribution in [3.8, 4) is 0 Å². The molecule has 0 aromatic carbocycles. The Morgan fingerprint density at radius 1 is 1.38 bits per heavy atom. The van der Waals surface area contributed by atoms with E-state index in [1.54, 1.807) is 0 Å². The van der Waals surface area contributed by atoms with Crippen LogP contribution in [0.3, 0.4) is 0 Å². The zero-order chi connectivity index (χ0) is 9.31. The number of amides is 1. The Kier molecular flexibility index (Phi) is 2.15. The normalized spacial score (nSPS) is 39.8. The van der Waals surface area contributed by atoms with Gasteiger partial charge in [0.15, 0.2) is 0 Å². The van der Waals surface area contributed by atoms with Gasteiger partial charge in [0.05, 0.1) is 6.10 Å². The molecule has 2 rings (SSSR count). The molecule has 2 N–H and O–H groups in total. The molecule has 0 aromatic rings. The van der Waals surface area contributed by atoms with E-state index in [4.69, 9.17) is 4.74 Å². The second-order valence-corrected chi connectivity index (χ2v) is 3.98. The van der Waals surface area contributed by atoms with Crippen LogP contribution in [0.25, 0.3) is 0 Å². The highest BCUT2D eigenvalue weighted by Crippen LogP contribution is 2.35. The molecule has 1 spiro atoms. The van der Waals surface area contributed by atoms with Gasteiger partial charge in [-0.15, -0.1) is 0 Å². The van der Waals surface area contributed by atoms with Gasteiger partial charge in [-0.3, -0.25) is 0 Å². The number of hydrogen-bond acceptors (Lipinski definition) is 3. The van der Waals surface area contributed by atoms with Crippen LogP contribution >= 0.6 is 0 Å². The van der Waals surface area contributed by atoms with Crippen LogP contribution in [0.5, 0.6) is 0 Å². The van der Waals surface area contributed by atoms with Gasteiger partial charge in [-0.2, -0.15) is 0 Å². The molecule has 0 unspecified atom stereocenters. The van der Waals surface area contributed by atoms with Gasteiger partial charge in [-0.25, -0.2) is 4.79 Å². The summed E-state index contributed by atoms with van der Waals surface area (Å²) in [6.45, 7) is 0.703. The van der Waals surface area contributed by atoms with Crippen LogP contribution in [-0.2, 0) is 4.74 Å². The summed E-state index contributed by atoms with van der Waals surface area (Å²) in [7, 11) is 0. The van der Waals surface area contributed by atoms with Gasteiger partial charge >= 0.3 is 6.09 Å². The maximum absolute atomic E-state index is 11.0. The first-order valence-electron chi connectivity index (χ1n) is 4.85. The van der Waals surface area contributed by atoms with Crippen LogP contribution in [0.1, 0.15) is 32.1 Å². The molecular formula is C9H15NO3. The third-order valence-electron chi connectivity index (χ3n) is 3.03. The number of nitrogens with one attached hydrogen (secondary N) is 1. The van der Waals surface area contributed by atoms with Crippen LogP contribution in [0.2, 0.25) is 0 Å². The maximum Gasteiger partial charge on any atom is 0.407 e. The lowest BCUT2D eigenvalue weighted by Gasteiger charge is -2.40. The van der Waals surface area contributed by atoms with Crippen molar-refractivity contribution in [2.75, 3.05) is 6.54 Å². The molecule has 1 amide bonds. The van der Waals surface area contributed by atoms with Crippen LogP contribution < -0.4 is 5.32 Å². The highest BCUT2D eigenvalue weighted by molar-refractivity contribution is 5.68. The second-order valence-electron chi connectivity index (χ2n) is 3.98. The summed E-state index contributed by atoms with van der Waals surface area (Å²) >= 11 is 0. The number of rotatable bonds is 0. The number of aliphatic hydroxyl groups excluding tert-OH is 1. The molecule has 1 aliphatic carbocycles. The highest BCUT2D eigenvalue weighted by atomic mass is 16.6. The average Bonchev–Trinajstić information content (AvgIpc) is 2.11. The van der Waals surface area contributed by atoms with E-state index in [1.807, 2.05) is 0 Å². The molecule has 0 atom stereocenters. The highest BCUT2D eigenvalue weighted by Gasteiger charge is 2.40. The molecule has 1 heterocycles. The van der Waals surface area contributed by atoms with E-state index in [1.165, 1.54) is 0 Å². The maximum atomic E-state index is 11.0. The van der Waals surface area contributed by atoms with Gasteiger partial charge in [0.25, 0.3) is 0 Å². The Balaban J connectivity index is 1.99. The monoisotopic (exact) mass is 185 g/mol. The van der Waals surface area contributed by atoms with Crippen LogP contribution in [-0.4, -0.2) is 29.4 Å². The molecule has 13 heavy (non-hydrogen) atoms. The first-order valence-corrected chi connectivity index (χ1v) is 4.85. The summed E-state index contributed by atoms with van der Waals surface area (Å²) in [6, 6.07) is 0. The Morgan fingerprint density at radius 3 is 2.69 bits per heavy atom.